The van der Waals surface area contributed by atoms with Crippen LogP contribution in [-0.2, 0) is 13.1 Å². The Balaban J connectivity index is 0.000000220. The number of hydrogen-bond acceptors (Lipinski definition) is 6. The molecule has 212 valence electrons. The van der Waals surface area contributed by atoms with Crippen LogP contribution < -0.4 is 10.6 Å². The second-order valence-corrected chi connectivity index (χ2v) is 22.6. The van der Waals surface area contributed by atoms with E-state index in [1.54, 1.807) is 9.36 Å². The Labute approximate surface area is 239 Å². The van der Waals surface area contributed by atoms with Crippen LogP contribution in [0.1, 0.15) is 43.0 Å². The maximum atomic E-state index is 12.3. The molecule has 0 amide bonds. The van der Waals surface area contributed by atoms with Crippen molar-refractivity contribution in [2.75, 3.05) is 0 Å². The molecule has 4 rings (SSSR count). The molecule has 0 unspecified atom stereocenters. The van der Waals surface area contributed by atoms with E-state index in [-0.39, 0.29) is 24.7 Å². The van der Waals surface area contributed by atoms with E-state index in [0.717, 1.165) is 32.9 Å². The zero-order valence-electron chi connectivity index (χ0n) is 25.5. The third-order valence-corrected chi connectivity index (χ3v) is 10.1. The fourth-order valence-corrected chi connectivity index (χ4v) is 5.92. The van der Waals surface area contributed by atoms with Gasteiger partial charge in [-0.2, -0.15) is 0 Å². The lowest BCUT2D eigenvalue weighted by molar-refractivity contribution is 0.0958. The maximum absolute atomic E-state index is 12.3. The van der Waals surface area contributed by atoms with Crippen LogP contribution in [0.4, 0.5) is 0 Å². The number of benzene rings is 2. The smallest absolute Gasteiger partial charge is 0.184 e. The number of carbonyl (C=O) groups excluding carboxylic acids is 2. The number of carbonyl (C=O) groups is 2. The summed E-state index contributed by atoms with van der Waals surface area (Å²) in [4.78, 5) is 24.7. The highest BCUT2D eigenvalue weighted by molar-refractivity contribution is 6.88. The van der Waals surface area contributed by atoms with Crippen LogP contribution in [0, 0.1) is 27.7 Å². The first-order valence-corrected chi connectivity index (χ1v) is 20.6. The molecular weight excluding hydrogens is 533 g/mol. The quantitative estimate of drug-likeness (QED) is 0.225. The van der Waals surface area contributed by atoms with Crippen molar-refractivity contribution in [3.8, 4) is 0 Å². The molecule has 0 saturated carbocycles. The van der Waals surface area contributed by atoms with Gasteiger partial charge in [0.2, 0.25) is 0 Å². The fraction of sp³-hybridized carbons (Fsp3) is 0.400. The molecule has 0 N–H and O–H groups in total. The molecule has 0 aliphatic heterocycles. The highest BCUT2D eigenvalue weighted by Crippen LogP contribution is 2.13. The Kier molecular flexibility index (Phi) is 9.57. The Morgan fingerprint density at radius 3 is 1.25 bits per heavy atom. The highest BCUT2D eigenvalue weighted by atomic mass is 28.3. The molecule has 2 aromatic heterocycles. The van der Waals surface area contributed by atoms with Crippen LogP contribution in [0.5, 0.6) is 0 Å². The first-order chi connectivity index (χ1) is 18.5. The first kappa shape index (κ1) is 31.0. The van der Waals surface area contributed by atoms with Crippen molar-refractivity contribution >= 4 is 38.3 Å². The van der Waals surface area contributed by atoms with Crippen LogP contribution in [0.3, 0.4) is 0 Å². The number of rotatable bonds is 8. The van der Waals surface area contributed by atoms with E-state index in [9.17, 15) is 9.59 Å². The van der Waals surface area contributed by atoms with E-state index in [0.29, 0.717) is 0 Å². The predicted molar refractivity (Wildman–Crippen MR) is 166 cm³/mol. The van der Waals surface area contributed by atoms with Crippen molar-refractivity contribution in [1.29, 1.82) is 0 Å². The van der Waals surface area contributed by atoms with Crippen LogP contribution >= 0.6 is 0 Å². The van der Waals surface area contributed by atoms with Gasteiger partial charge in [-0.3, -0.25) is 9.59 Å². The summed E-state index contributed by atoms with van der Waals surface area (Å²) >= 11 is 0. The van der Waals surface area contributed by atoms with E-state index in [2.05, 4.69) is 59.9 Å². The summed E-state index contributed by atoms with van der Waals surface area (Å²) in [7, 11) is -2.93. The highest BCUT2D eigenvalue weighted by Gasteiger charge is 2.22. The maximum Gasteiger partial charge on any atom is 0.184 e. The van der Waals surface area contributed by atoms with Gasteiger partial charge in [-0.1, -0.05) is 97.2 Å². The van der Waals surface area contributed by atoms with Crippen LogP contribution in [0.25, 0.3) is 0 Å². The largest absolute Gasteiger partial charge is 0.292 e. The summed E-state index contributed by atoms with van der Waals surface area (Å²) in [6.45, 7) is 21.8. The molecular formula is C30H42N6O2Si2. The third-order valence-electron chi connectivity index (χ3n) is 6.59. The topological polar surface area (TPSA) is 95.6 Å². The molecule has 0 fully saturated rings. The Bertz CT molecular complexity index is 1400. The molecule has 40 heavy (non-hydrogen) atoms. The second kappa shape index (κ2) is 12.3. The Morgan fingerprint density at radius 1 is 0.625 bits per heavy atom. The SMILES string of the molecule is Cc1ccc(C(=O)Cn2cc([Si](C)(C)C)nn2)c(C)c1.Cc1ccc(C(=O)Cn2cc([Si](C)(C)C)nn2)c(C)c1. The lowest BCUT2D eigenvalue weighted by Gasteiger charge is -2.10. The zero-order chi connectivity index (χ0) is 29.8. The van der Waals surface area contributed by atoms with Gasteiger partial charge in [0, 0.05) is 23.5 Å². The van der Waals surface area contributed by atoms with Gasteiger partial charge in [0.15, 0.2) is 11.6 Å². The predicted octanol–water partition coefficient (Wildman–Crippen LogP) is 4.65. The minimum Gasteiger partial charge on any atom is -0.292 e. The summed E-state index contributed by atoms with van der Waals surface area (Å²) < 4.78 is 3.30. The molecule has 0 atom stereocenters. The molecule has 8 nitrogen and oxygen atoms in total. The number of Topliss-reactive ketones (excluding diaryl/α,β-unsaturated/α-hetero) is 2. The lowest BCUT2D eigenvalue weighted by Crippen LogP contribution is -2.38. The van der Waals surface area contributed by atoms with Crippen LogP contribution in [0.2, 0.25) is 39.3 Å². The van der Waals surface area contributed by atoms with Crippen molar-refractivity contribution in [3.05, 3.63) is 82.2 Å². The van der Waals surface area contributed by atoms with Gasteiger partial charge < -0.3 is 0 Å². The summed E-state index contributed by atoms with van der Waals surface area (Å²) in [5.41, 5.74) is 5.89. The summed E-state index contributed by atoms with van der Waals surface area (Å²) in [6.07, 6.45) is 3.82. The fourth-order valence-electron chi connectivity index (χ4n) is 4.16. The average molecular weight is 575 g/mol. The molecule has 2 aromatic carbocycles. The molecule has 4 aromatic rings. The number of aromatic nitrogens is 6. The van der Waals surface area contributed by atoms with E-state index >= 15 is 0 Å². The Morgan fingerprint density at radius 2 is 0.975 bits per heavy atom. The Hall–Kier alpha value is -3.51. The lowest BCUT2D eigenvalue weighted by atomic mass is 10.0. The molecule has 0 spiro atoms. The van der Waals surface area contributed by atoms with Gasteiger partial charge in [0.25, 0.3) is 0 Å². The first-order valence-electron chi connectivity index (χ1n) is 13.6. The van der Waals surface area contributed by atoms with Gasteiger partial charge in [-0.05, 0) is 38.8 Å². The molecule has 0 saturated heterocycles. The van der Waals surface area contributed by atoms with Crippen molar-refractivity contribution < 1.29 is 9.59 Å². The van der Waals surface area contributed by atoms with Crippen molar-refractivity contribution in [3.63, 3.8) is 0 Å². The van der Waals surface area contributed by atoms with Crippen molar-refractivity contribution in [2.24, 2.45) is 0 Å². The number of ketones is 2. The van der Waals surface area contributed by atoms with Crippen molar-refractivity contribution in [1.82, 2.24) is 30.0 Å². The van der Waals surface area contributed by atoms with Crippen LogP contribution in [0.15, 0.2) is 48.8 Å². The molecule has 0 aliphatic carbocycles. The third kappa shape index (κ3) is 8.25. The van der Waals surface area contributed by atoms with E-state index < -0.39 is 16.1 Å². The summed E-state index contributed by atoms with van der Waals surface area (Å²) in [5.74, 6) is 0.157. The molecule has 0 aliphatic rings. The number of nitrogens with zero attached hydrogens (tertiary/aromatic N) is 6. The minimum atomic E-state index is -1.47. The monoisotopic (exact) mass is 574 g/mol. The minimum absolute atomic E-state index is 0.0783. The van der Waals surface area contributed by atoms with E-state index in [4.69, 9.17) is 0 Å². The van der Waals surface area contributed by atoms with Gasteiger partial charge in [-0.15, -0.1) is 10.2 Å². The van der Waals surface area contributed by atoms with Gasteiger partial charge in [-0.25, -0.2) is 9.36 Å². The molecule has 10 heteroatoms. The molecule has 0 radical (unpaired) electrons. The standard InChI is InChI=1S/2C15H21N3OSi/c2*1-11-6-7-13(12(2)8-11)14(19)9-18-10-15(16-17-18)20(3,4)5/h2*6-8,10H,9H2,1-5H3. The molecule has 0 bridgehead atoms. The van der Waals surface area contributed by atoms with Crippen LogP contribution in [-0.4, -0.2) is 57.7 Å². The average Bonchev–Trinajstić information content (AvgIpc) is 3.49. The zero-order valence-corrected chi connectivity index (χ0v) is 27.5. The number of aryl methyl sites for hydroxylation is 4. The van der Waals surface area contributed by atoms with Gasteiger partial charge >= 0.3 is 0 Å². The second-order valence-electron chi connectivity index (χ2n) is 12.6. The normalized spacial score (nSPS) is 11.7. The summed E-state index contributed by atoms with van der Waals surface area (Å²) in [6, 6.07) is 11.8. The summed E-state index contributed by atoms with van der Waals surface area (Å²) in [5, 5.41) is 18.6. The van der Waals surface area contributed by atoms with E-state index in [1.165, 1.54) is 11.1 Å². The molecule has 2 heterocycles. The van der Waals surface area contributed by atoms with Crippen molar-refractivity contribution in [2.45, 2.75) is 80.1 Å². The van der Waals surface area contributed by atoms with E-state index in [1.807, 2.05) is 76.5 Å². The van der Waals surface area contributed by atoms with Gasteiger partial charge in [0.05, 0.1) is 10.6 Å². The number of hydrogen-bond donors (Lipinski definition) is 0. The van der Waals surface area contributed by atoms with Gasteiger partial charge in [0.1, 0.15) is 29.2 Å².